The van der Waals surface area contributed by atoms with Crippen molar-refractivity contribution >= 4 is 33.7 Å². The average molecular weight is 521 g/mol. The molecule has 0 radical (unpaired) electrons. The minimum Gasteiger partial charge on any atom is -0.508 e. The number of nitrogens with zero attached hydrogens (tertiary/aromatic N) is 1. The van der Waals surface area contributed by atoms with Crippen LogP contribution < -0.4 is 0 Å². The summed E-state index contributed by atoms with van der Waals surface area (Å²) in [6.07, 6.45) is 2.46. The third-order valence-corrected chi connectivity index (χ3v) is 6.42. The number of carbonyl (C=O) groups is 1. The van der Waals surface area contributed by atoms with Crippen molar-refractivity contribution in [2.75, 3.05) is 6.61 Å². The van der Waals surface area contributed by atoms with E-state index >= 15 is 0 Å². The number of esters is 1. The van der Waals surface area contributed by atoms with Crippen LogP contribution in [0, 0.1) is 5.41 Å². The zero-order valence-electron chi connectivity index (χ0n) is 19.8. The number of carbonyl (C=O) groups excluding carboxylic acids is 1. The molecule has 0 unspecified atom stereocenters. The predicted molar refractivity (Wildman–Crippen MR) is 137 cm³/mol. The van der Waals surface area contributed by atoms with Crippen LogP contribution in [0.4, 0.5) is 0 Å². The molecule has 1 aromatic carbocycles. The number of benzene rings is 1. The van der Waals surface area contributed by atoms with E-state index in [0.717, 1.165) is 20.6 Å². The Labute approximate surface area is 204 Å². The number of aromatic nitrogens is 1. The normalized spacial score (nSPS) is 11.7. The van der Waals surface area contributed by atoms with E-state index in [1.54, 1.807) is 23.9 Å². The molecule has 0 saturated carbocycles. The van der Waals surface area contributed by atoms with Crippen molar-refractivity contribution in [2.24, 2.45) is 5.41 Å². The maximum atomic E-state index is 12.7. The summed E-state index contributed by atoms with van der Waals surface area (Å²) < 4.78 is 8.51. The fourth-order valence-electron chi connectivity index (χ4n) is 3.15. The van der Waals surface area contributed by atoms with Crippen LogP contribution in [0.5, 0.6) is 5.75 Å². The number of ether oxygens (including phenoxy) is 1. The Morgan fingerprint density at radius 1 is 1.06 bits per heavy atom. The van der Waals surface area contributed by atoms with Crippen molar-refractivity contribution in [2.45, 2.75) is 64.2 Å². The first-order valence-electron chi connectivity index (χ1n) is 10.8. The van der Waals surface area contributed by atoms with Crippen molar-refractivity contribution in [1.29, 1.82) is 0 Å². The first kappa shape index (κ1) is 26.3. The van der Waals surface area contributed by atoms with Gasteiger partial charge in [0, 0.05) is 39.0 Å². The molecule has 1 heterocycles. The number of halogens is 1. The van der Waals surface area contributed by atoms with Crippen LogP contribution in [-0.4, -0.2) is 27.0 Å². The van der Waals surface area contributed by atoms with Gasteiger partial charge in [0.15, 0.2) is 0 Å². The summed E-state index contributed by atoms with van der Waals surface area (Å²) in [7, 11) is 0. The maximum Gasteiger partial charge on any atom is 0.311 e. The molecule has 32 heavy (non-hydrogen) atoms. The van der Waals surface area contributed by atoms with E-state index in [-0.39, 0.29) is 16.5 Å². The number of hydrogen-bond acceptors (Lipinski definition) is 4. The molecule has 1 aromatic heterocycles. The van der Waals surface area contributed by atoms with Crippen molar-refractivity contribution in [3.05, 3.63) is 70.5 Å². The Balaban J connectivity index is 2.73. The Kier molecular flexibility index (Phi) is 9.28. The van der Waals surface area contributed by atoms with Gasteiger partial charge in [0.1, 0.15) is 5.75 Å². The van der Waals surface area contributed by atoms with Gasteiger partial charge in [-0.2, -0.15) is 0 Å². The summed E-state index contributed by atoms with van der Waals surface area (Å²) in [5, 5.41) is 10.2. The second-order valence-corrected chi connectivity index (χ2v) is 12.1. The summed E-state index contributed by atoms with van der Waals surface area (Å²) >= 11 is 5.22. The van der Waals surface area contributed by atoms with Gasteiger partial charge in [-0.1, -0.05) is 48.8 Å². The largest absolute Gasteiger partial charge is 0.508 e. The molecular formula is C26H34BrNO3S. The molecule has 0 fully saturated rings. The Bertz CT molecular complexity index is 974. The Hall–Kier alpha value is -1.92. The number of thioether (sulfide) groups is 1. The molecule has 0 aliphatic rings. The van der Waals surface area contributed by atoms with Gasteiger partial charge < -0.3 is 14.4 Å². The van der Waals surface area contributed by atoms with Crippen LogP contribution >= 0.6 is 27.7 Å². The SMILES string of the molecule is CCOC(=O)C(C)(C)Cc1c(SC(C)(C)C)ccc(O)cccn1Cc1ccc(Br)cc1. The van der Waals surface area contributed by atoms with Gasteiger partial charge in [0.2, 0.25) is 0 Å². The summed E-state index contributed by atoms with van der Waals surface area (Å²) in [6, 6.07) is 15.4. The lowest BCUT2D eigenvalue weighted by Crippen LogP contribution is -2.30. The highest BCUT2D eigenvalue weighted by Gasteiger charge is 2.32. The first-order valence-corrected chi connectivity index (χ1v) is 12.4. The molecule has 1 N–H and O–H groups in total. The number of rotatable bonds is 7. The molecule has 0 aliphatic carbocycles. The molecule has 0 saturated heterocycles. The van der Waals surface area contributed by atoms with E-state index < -0.39 is 5.41 Å². The highest BCUT2D eigenvalue weighted by Crippen LogP contribution is 2.37. The molecule has 0 atom stereocenters. The summed E-state index contributed by atoms with van der Waals surface area (Å²) in [6.45, 7) is 13.1. The highest BCUT2D eigenvalue weighted by atomic mass is 79.9. The van der Waals surface area contributed by atoms with Gasteiger partial charge in [-0.05, 0) is 62.7 Å². The monoisotopic (exact) mass is 519 g/mol. The fraction of sp³-hybridized carbons (Fsp3) is 0.423. The topological polar surface area (TPSA) is 51.5 Å². The molecule has 6 heteroatoms. The molecule has 0 bridgehead atoms. The minimum atomic E-state index is -0.710. The molecule has 2 aromatic rings. The molecule has 0 spiro atoms. The van der Waals surface area contributed by atoms with Crippen LogP contribution in [0.2, 0.25) is 0 Å². The number of aromatic hydroxyl groups is 1. The molecule has 2 rings (SSSR count). The minimum absolute atomic E-state index is 0.0562. The van der Waals surface area contributed by atoms with Crippen molar-refractivity contribution < 1.29 is 14.6 Å². The Morgan fingerprint density at radius 3 is 2.31 bits per heavy atom. The molecule has 0 aliphatic heterocycles. The number of hydrogen-bond donors (Lipinski definition) is 1. The van der Waals surface area contributed by atoms with Crippen molar-refractivity contribution in [3.8, 4) is 5.75 Å². The van der Waals surface area contributed by atoms with E-state index in [1.165, 1.54) is 0 Å². The van der Waals surface area contributed by atoms with Crippen LogP contribution in [0.1, 0.15) is 52.8 Å². The van der Waals surface area contributed by atoms with Gasteiger partial charge >= 0.3 is 5.97 Å². The second kappa shape index (κ2) is 11.3. The summed E-state index contributed by atoms with van der Waals surface area (Å²) in [5.41, 5.74) is 1.44. The third-order valence-electron chi connectivity index (χ3n) is 4.69. The highest BCUT2D eigenvalue weighted by molar-refractivity contribution is 9.10. The molecule has 174 valence electrons. The zero-order valence-corrected chi connectivity index (χ0v) is 22.2. The van der Waals surface area contributed by atoms with E-state index in [0.29, 0.717) is 19.6 Å². The first-order chi connectivity index (χ1) is 14.9. The van der Waals surface area contributed by atoms with Crippen LogP contribution in [0.15, 0.2) is 64.1 Å². The van der Waals surface area contributed by atoms with Gasteiger partial charge in [-0.3, -0.25) is 4.79 Å². The van der Waals surface area contributed by atoms with E-state index in [4.69, 9.17) is 4.74 Å². The third kappa shape index (κ3) is 8.21. The van der Waals surface area contributed by atoms with Gasteiger partial charge in [-0.15, -0.1) is 11.8 Å². The lowest BCUT2D eigenvalue weighted by Gasteiger charge is -2.27. The van der Waals surface area contributed by atoms with Gasteiger partial charge in [0.05, 0.1) is 12.0 Å². The Morgan fingerprint density at radius 2 is 1.72 bits per heavy atom. The predicted octanol–water partition coefficient (Wildman–Crippen LogP) is 7.15. The smallest absolute Gasteiger partial charge is 0.311 e. The fourth-order valence-corrected chi connectivity index (χ4v) is 4.52. The standard InChI is InChI=1S/C26H34BrNO3S/c1-7-31-24(30)26(5,6)17-22-23(32-25(2,3)4)15-14-21(29)9-8-16-28(22)18-19-10-12-20(27)13-11-19/h8-16,29H,7,17-18H2,1-6H3. The van der Waals surface area contributed by atoms with Gasteiger partial charge in [0.25, 0.3) is 0 Å². The molecule has 0 amide bonds. The average Bonchev–Trinajstić information content (AvgIpc) is 2.75. The lowest BCUT2D eigenvalue weighted by molar-refractivity contribution is -0.153. The van der Waals surface area contributed by atoms with Crippen LogP contribution in [0.25, 0.3) is 0 Å². The molecular weight excluding hydrogens is 486 g/mol. The van der Waals surface area contributed by atoms with E-state index in [2.05, 4.69) is 53.4 Å². The van der Waals surface area contributed by atoms with Crippen LogP contribution in [0.3, 0.4) is 0 Å². The van der Waals surface area contributed by atoms with E-state index in [1.807, 2.05) is 51.2 Å². The quantitative estimate of drug-likeness (QED) is 0.311. The van der Waals surface area contributed by atoms with Crippen molar-refractivity contribution in [1.82, 2.24) is 4.57 Å². The second-order valence-electron chi connectivity index (χ2n) is 9.33. The summed E-state index contributed by atoms with van der Waals surface area (Å²) in [5.74, 6) is -0.0345. The lowest BCUT2D eigenvalue weighted by atomic mass is 9.87. The molecule has 4 nitrogen and oxygen atoms in total. The van der Waals surface area contributed by atoms with E-state index in [9.17, 15) is 9.90 Å². The van der Waals surface area contributed by atoms with Crippen LogP contribution in [-0.2, 0) is 22.5 Å². The summed E-state index contributed by atoms with van der Waals surface area (Å²) in [4.78, 5) is 13.8. The van der Waals surface area contributed by atoms with Crippen molar-refractivity contribution in [3.63, 3.8) is 0 Å². The maximum absolute atomic E-state index is 12.7. The van der Waals surface area contributed by atoms with Gasteiger partial charge in [-0.25, -0.2) is 0 Å². The zero-order chi connectivity index (χ0) is 23.9.